The van der Waals surface area contributed by atoms with Crippen molar-refractivity contribution in [1.29, 1.82) is 0 Å². The van der Waals surface area contributed by atoms with E-state index in [2.05, 4.69) is 30.7 Å². The van der Waals surface area contributed by atoms with Crippen LogP contribution in [0.2, 0.25) is 0 Å². The number of piperidine rings is 1. The first-order chi connectivity index (χ1) is 14.5. The van der Waals surface area contributed by atoms with Crippen LogP contribution in [0.5, 0.6) is 0 Å². The van der Waals surface area contributed by atoms with Crippen LogP contribution in [0.4, 0.5) is 5.69 Å². The topological polar surface area (TPSA) is 60.9 Å². The van der Waals surface area contributed by atoms with E-state index in [4.69, 9.17) is 0 Å². The van der Waals surface area contributed by atoms with Crippen molar-refractivity contribution >= 4 is 28.9 Å². The van der Waals surface area contributed by atoms with Gasteiger partial charge in [-0.1, -0.05) is 18.8 Å². The molecule has 2 heterocycles. The number of thiophene rings is 1. The molecule has 1 saturated carbocycles. The van der Waals surface area contributed by atoms with Crippen molar-refractivity contribution in [2.75, 3.05) is 25.0 Å². The second kappa shape index (κ2) is 9.75. The highest BCUT2D eigenvalue weighted by atomic mass is 32.1. The monoisotopic (exact) mass is 444 g/mol. The summed E-state index contributed by atoms with van der Waals surface area (Å²) < 4.78 is 0. The van der Waals surface area contributed by atoms with Crippen molar-refractivity contribution < 1.29 is 14.7 Å². The second-order valence-electron chi connectivity index (χ2n) is 10.3. The molecule has 1 amide bonds. The quantitative estimate of drug-likeness (QED) is 0.657. The molecule has 2 aliphatic rings. The summed E-state index contributed by atoms with van der Waals surface area (Å²) in [6.07, 6.45) is 5.65. The zero-order valence-electron chi connectivity index (χ0n) is 19.5. The lowest BCUT2D eigenvalue weighted by atomic mass is 9.82. The Kier molecular flexibility index (Phi) is 7.49. The minimum absolute atomic E-state index is 0.0125. The molecule has 1 aromatic rings. The molecule has 1 N–H and O–H groups in total. The lowest BCUT2D eigenvalue weighted by Crippen LogP contribution is -2.49. The Bertz CT molecular complexity index is 858. The van der Waals surface area contributed by atoms with Crippen LogP contribution in [0.3, 0.4) is 0 Å². The van der Waals surface area contributed by atoms with Crippen molar-refractivity contribution in [2.45, 2.75) is 72.3 Å². The molecule has 0 bridgehead atoms. The lowest BCUT2D eigenvalue weighted by Gasteiger charge is -2.39. The maximum Gasteiger partial charge on any atom is 0.348 e. The lowest BCUT2D eigenvalue weighted by molar-refractivity contribution is -0.124. The molecule has 0 aromatic carbocycles. The molecule has 1 aliphatic heterocycles. The van der Waals surface area contributed by atoms with Crippen LogP contribution >= 0.6 is 11.3 Å². The van der Waals surface area contributed by atoms with Gasteiger partial charge in [-0.2, -0.15) is 0 Å². The second-order valence-corrected chi connectivity index (χ2v) is 11.4. The van der Waals surface area contributed by atoms with E-state index in [1.807, 2.05) is 31.7 Å². The highest BCUT2D eigenvalue weighted by molar-refractivity contribution is 7.15. The average molecular weight is 445 g/mol. The van der Waals surface area contributed by atoms with Crippen LogP contribution in [0, 0.1) is 29.1 Å². The largest absolute Gasteiger partial charge is 0.477 e. The van der Waals surface area contributed by atoms with Gasteiger partial charge in [-0.15, -0.1) is 11.3 Å². The molecule has 6 heteroatoms. The number of hydrogen-bond acceptors (Lipinski definition) is 4. The fourth-order valence-corrected chi connectivity index (χ4v) is 5.32. The molecule has 0 atom stereocenters. The average Bonchev–Trinajstić information content (AvgIpc) is 3.12. The van der Waals surface area contributed by atoms with E-state index >= 15 is 0 Å². The number of rotatable bonds is 4. The van der Waals surface area contributed by atoms with Gasteiger partial charge in [-0.3, -0.25) is 4.79 Å². The first-order valence-electron chi connectivity index (χ1n) is 11.5. The van der Waals surface area contributed by atoms with Crippen LogP contribution in [0.1, 0.15) is 80.8 Å². The van der Waals surface area contributed by atoms with E-state index < -0.39 is 5.97 Å². The Morgan fingerprint density at radius 1 is 1.13 bits per heavy atom. The molecule has 170 valence electrons. The first-order valence-corrected chi connectivity index (χ1v) is 12.3. The maximum atomic E-state index is 13.8. The molecule has 0 radical (unpaired) electrons. The van der Waals surface area contributed by atoms with Crippen LogP contribution in [-0.4, -0.2) is 48.1 Å². The van der Waals surface area contributed by atoms with Crippen LogP contribution < -0.4 is 4.90 Å². The van der Waals surface area contributed by atoms with Crippen molar-refractivity contribution in [3.05, 3.63) is 15.8 Å². The predicted octanol–water partition coefficient (Wildman–Crippen LogP) is 5.10. The molecule has 3 rings (SSSR count). The Balaban J connectivity index is 1.99. The minimum Gasteiger partial charge on any atom is -0.477 e. The van der Waals surface area contributed by atoms with Crippen molar-refractivity contribution in [3.8, 4) is 11.8 Å². The van der Waals surface area contributed by atoms with Gasteiger partial charge in [0.2, 0.25) is 5.91 Å². The Morgan fingerprint density at radius 2 is 1.74 bits per heavy atom. The first kappa shape index (κ1) is 23.8. The number of carbonyl (C=O) groups excluding carboxylic acids is 1. The van der Waals surface area contributed by atoms with E-state index in [0.717, 1.165) is 51.6 Å². The predicted molar refractivity (Wildman–Crippen MR) is 127 cm³/mol. The summed E-state index contributed by atoms with van der Waals surface area (Å²) in [5.41, 5.74) is 0.379. The van der Waals surface area contributed by atoms with Gasteiger partial charge >= 0.3 is 5.97 Å². The number of hydrogen-bond donors (Lipinski definition) is 1. The third-order valence-corrected chi connectivity index (χ3v) is 7.41. The molecular weight excluding hydrogens is 408 g/mol. The van der Waals surface area contributed by atoms with Gasteiger partial charge in [-0.05, 0) is 91.4 Å². The van der Waals surface area contributed by atoms with Gasteiger partial charge in [0.25, 0.3) is 0 Å². The highest BCUT2D eigenvalue weighted by Crippen LogP contribution is 2.37. The number of amides is 1. The number of carbonyl (C=O) groups is 2. The SMILES string of the molecule is CN1CCC(N(c2cc(C#CC(C)(C)C)sc2C(=O)O)C(=O)[C@H]2CC[C@H](C)CC2)CC1. The van der Waals surface area contributed by atoms with Gasteiger partial charge in [-0.25, -0.2) is 4.79 Å². The van der Waals surface area contributed by atoms with E-state index in [1.54, 1.807) is 0 Å². The van der Waals surface area contributed by atoms with Gasteiger partial charge in [0.15, 0.2) is 0 Å². The van der Waals surface area contributed by atoms with Crippen LogP contribution in [-0.2, 0) is 4.79 Å². The zero-order chi connectivity index (χ0) is 22.8. The van der Waals surface area contributed by atoms with Crippen molar-refractivity contribution in [3.63, 3.8) is 0 Å². The van der Waals surface area contributed by atoms with Crippen molar-refractivity contribution in [1.82, 2.24) is 4.90 Å². The van der Waals surface area contributed by atoms with Gasteiger partial charge in [0.05, 0.1) is 10.6 Å². The molecule has 0 unspecified atom stereocenters. The molecular formula is C25H36N2O3S. The standard InChI is InChI=1S/C25H36N2O3S/c1-17-6-8-18(9-7-17)23(28)27(19-11-14-26(5)15-12-19)21-16-20(10-13-25(2,3)4)31-22(21)24(29)30/h16-19H,6-9,11-12,14-15H2,1-5H3,(H,29,30)/t17-,18-. The minimum atomic E-state index is -0.980. The third-order valence-electron chi connectivity index (χ3n) is 6.38. The molecule has 2 fully saturated rings. The van der Waals surface area contributed by atoms with E-state index in [1.165, 1.54) is 11.3 Å². The van der Waals surface area contributed by atoms with Gasteiger partial charge < -0.3 is 14.9 Å². The molecule has 5 nitrogen and oxygen atoms in total. The maximum absolute atomic E-state index is 13.8. The summed E-state index contributed by atoms with van der Waals surface area (Å²) in [7, 11) is 2.10. The number of likely N-dealkylation sites (tertiary alicyclic amines) is 1. The number of anilines is 1. The van der Waals surface area contributed by atoms with Gasteiger partial charge in [0, 0.05) is 17.4 Å². The number of carboxylic acid groups (broad SMARTS) is 1. The summed E-state index contributed by atoms with van der Waals surface area (Å²) in [6.45, 7) is 10.2. The smallest absolute Gasteiger partial charge is 0.348 e. The molecule has 0 spiro atoms. The van der Waals surface area contributed by atoms with E-state index in [0.29, 0.717) is 16.5 Å². The Hall–Kier alpha value is -1.84. The molecule has 1 aromatic heterocycles. The fraction of sp³-hybridized carbons (Fsp3) is 0.680. The summed E-state index contributed by atoms with van der Waals surface area (Å²) >= 11 is 1.19. The van der Waals surface area contributed by atoms with Crippen LogP contribution in [0.25, 0.3) is 0 Å². The molecule has 31 heavy (non-hydrogen) atoms. The molecule has 1 saturated heterocycles. The highest BCUT2D eigenvalue weighted by Gasteiger charge is 2.36. The van der Waals surface area contributed by atoms with E-state index in [9.17, 15) is 14.7 Å². The van der Waals surface area contributed by atoms with Crippen molar-refractivity contribution in [2.24, 2.45) is 17.3 Å². The third kappa shape index (κ3) is 6.11. The van der Waals surface area contributed by atoms with E-state index in [-0.39, 0.29) is 28.2 Å². The summed E-state index contributed by atoms with van der Waals surface area (Å²) in [4.78, 5) is 31.0. The fourth-order valence-electron chi connectivity index (χ4n) is 4.48. The Morgan fingerprint density at radius 3 is 2.29 bits per heavy atom. The zero-order valence-corrected chi connectivity index (χ0v) is 20.3. The number of carboxylic acids is 1. The normalized spacial score (nSPS) is 23.1. The number of nitrogens with zero attached hydrogens (tertiary/aromatic N) is 2. The Labute approximate surface area is 190 Å². The summed E-state index contributed by atoms with van der Waals surface area (Å²) in [6, 6.07) is 1.88. The van der Waals surface area contributed by atoms with Crippen LogP contribution in [0.15, 0.2) is 6.07 Å². The van der Waals surface area contributed by atoms with Gasteiger partial charge in [0.1, 0.15) is 4.88 Å². The summed E-state index contributed by atoms with van der Waals surface area (Å²) in [5, 5.41) is 9.94. The molecule has 1 aliphatic carbocycles. The summed E-state index contributed by atoms with van der Waals surface area (Å²) in [5.74, 6) is 6.12. The number of aromatic carboxylic acids is 1.